The Bertz CT molecular complexity index is 131. The lowest BCUT2D eigenvalue weighted by atomic mass is 10.1. The molecule has 1 aliphatic carbocycles. The van der Waals surface area contributed by atoms with Gasteiger partial charge in [0.1, 0.15) is 0 Å². The van der Waals surface area contributed by atoms with Gasteiger partial charge in [0.25, 0.3) is 0 Å². The maximum absolute atomic E-state index is 3.53. The molecule has 1 heteroatoms. The van der Waals surface area contributed by atoms with Crippen molar-refractivity contribution in [2.45, 2.75) is 58.9 Å². The fraction of sp³-hybridized carbons (Fsp3) is 1.00. The molecule has 0 aromatic carbocycles. The van der Waals surface area contributed by atoms with Crippen LogP contribution >= 0.6 is 0 Å². The normalized spacial score (nSPS) is 26.8. The Kier molecular flexibility index (Phi) is 4.79. The molecular weight excluding hydrogens is 158 g/mol. The average Bonchev–Trinajstić information content (AvgIpc) is 2.81. The summed E-state index contributed by atoms with van der Waals surface area (Å²) >= 11 is 0. The van der Waals surface area contributed by atoms with Gasteiger partial charge >= 0.3 is 0 Å². The predicted octanol–water partition coefficient (Wildman–Crippen LogP) is 3.20. The molecule has 2 atom stereocenters. The molecule has 0 bridgehead atoms. The molecule has 0 radical (unpaired) electrons. The highest BCUT2D eigenvalue weighted by Gasteiger charge is 2.35. The van der Waals surface area contributed by atoms with Crippen LogP contribution in [0, 0.1) is 11.8 Å². The Morgan fingerprint density at radius 2 is 2.00 bits per heavy atom. The minimum Gasteiger partial charge on any atom is -0.314 e. The van der Waals surface area contributed by atoms with Crippen LogP contribution in [0.4, 0.5) is 0 Å². The van der Waals surface area contributed by atoms with E-state index in [0.717, 1.165) is 11.8 Å². The molecule has 0 saturated heterocycles. The van der Waals surface area contributed by atoms with Crippen LogP contribution in [-0.4, -0.2) is 12.6 Å². The van der Waals surface area contributed by atoms with E-state index < -0.39 is 0 Å². The first kappa shape index (κ1) is 11.0. The maximum Gasteiger partial charge on any atom is 0.00104 e. The van der Waals surface area contributed by atoms with Gasteiger partial charge in [-0.05, 0) is 24.8 Å². The molecule has 1 nitrogen and oxygen atoms in total. The van der Waals surface area contributed by atoms with Crippen LogP contribution in [0.15, 0.2) is 0 Å². The SMILES string of the molecule is CCCCC[C@@H]1C[C@H]1CNC(C)C. The number of rotatable bonds is 7. The Morgan fingerprint density at radius 1 is 1.23 bits per heavy atom. The number of unbranched alkanes of at least 4 members (excludes halogenated alkanes) is 2. The van der Waals surface area contributed by atoms with Crippen LogP contribution in [0.2, 0.25) is 0 Å². The zero-order chi connectivity index (χ0) is 9.68. The smallest absolute Gasteiger partial charge is 0.00104 e. The number of hydrogen-bond donors (Lipinski definition) is 1. The second-order valence-corrected chi connectivity index (χ2v) is 4.81. The molecule has 1 rings (SSSR count). The third kappa shape index (κ3) is 4.66. The van der Waals surface area contributed by atoms with E-state index in [0.29, 0.717) is 6.04 Å². The first-order valence-corrected chi connectivity index (χ1v) is 5.97. The fourth-order valence-electron chi connectivity index (χ4n) is 1.96. The van der Waals surface area contributed by atoms with Crippen molar-refractivity contribution in [3.63, 3.8) is 0 Å². The van der Waals surface area contributed by atoms with Crippen LogP contribution in [-0.2, 0) is 0 Å². The highest BCUT2D eigenvalue weighted by Crippen LogP contribution is 2.41. The summed E-state index contributed by atoms with van der Waals surface area (Å²) in [5.41, 5.74) is 0. The summed E-state index contributed by atoms with van der Waals surface area (Å²) in [7, 11) is 0. The van der Waals surface area contributed by atoms with E-state index in [9.17, 15) is 0 Å². The Hall–Kier alpha value is -0.0400. The van der Waals surface area contributed by atoms with Crippen LogP contribution in [0.25, 0.3) is 0 Å². The predicted molar refractivity (Wildman–Crippen MR) is 58.9 cm³/mol. The molecule has 1 saturated carbocycles. The van der Waals surface area contributed by atoms with Gasteiger partial charge in [0.2, 0.25) is 0 Å². The number of hydrogen-bond acceptors (Lipinski definition) is 1. The van der Waals surface area contributed by atoms with Crippen molar-refractivity contribution in [3.05, 3.63) is 0 Å². The second kappa shape index (κ2) is 5.64. The van der Waals surface area contributed by atoms with Crippen molar-refractivity contribution in [2.75, 3.05) is 6.54 Å². The van der Waals surface area contributed by atoms with Crippen molar-refractivity contribution in [2.24, 2.45) is 11.8 Å². The van der Waals surface area contributed by atoms with Crippen molar-refractivity contribution >= 4 is 0 Å². The highest BCUT2D eigenvalue weighted by atomic mass is 14.9. The summed E-state index contributed by atoms with van der Waals surface area (Å²) in [5.74, 6) is 2.08. The van der Waals surface area contributed by atoms with Crippen molar-refractivity contribution in [1.82, 2.24) is 5.32 Å². The third-order valence-corrected chi connectivity index (χ3v) is 3.04. The lowest BCUT2D eigenvalue weighted by molar-refractivity contribution is 0.518. The van der Waals surface area contributed by atoms with Crippen LogP contribution in [0.5, 0.6) is 0 Å². The Balaban J connectivity index is 1.90. The van der Waals surface area contributed by atoms with Gasteiger partial charge < -0.3 is 5.32 Å². The van der Waals surface area contributed by atoms with E-state index in [1.165, 1.54) is 38.6 Å². The molecule has 0 heterocycles. The summed E-state index contributed by atoms with van der Waals surface area (Å²) < 4.78 is 0. The van der Waals surface area contributed by atoms with E-state index in [-0.39, 0.29) is 0 Å². The van der Waals surface area contributed by atoms with Gasteiger partial charge in [0.15, 0.2) is 0 Å². The minimum absolute atomic E-state index is 0.664. The standard InChI is InChI=1S/C12H25N/c1-4-5-6-7-11-8-12(11)9-13-10(2)3/h10-13H,4-9H2,1-3H3/t11-,12+/m1/s1. The van der Waals surface area contributed by atoms with Gasteiger partial charge in [-0.2, -0.15) is 0 Å². The van der Waals surface area contributed by atoms with Gasteiger partial charge in [-0.25, -0.2) is 0 Å². The van der Waals surface area contributed by atoms with E-state index in [4.69, 9.17) is 0 Å². The number of nitrogens with one attached hydrogen (secondary N) is 1. The van der Waals surface area contributed by atoms with Crippen LogP contribution in [0.3, 0.4) is 0 Å². The lowest BCUT2D eigenvalue weighted by Crippen LogP contribution is -2.25. The monoisotopic (exact) mass is 183 g/mol. The van der Waals surface area contributed by atoms with Gasteiger partial charge in [-0.1, -0.05) is 46.5 Å². The first-order chi connectivity index (χ1) is 6.24. The van der Waals surface area contributed by atoms with Gasteiger partial charge in [-0.15, -0.1) is 0 Å². The van der Waals surface area contributed by atoms with Gasteiger partial charge in [0, 0.05) is 6.04 Å². The average molecular weight is 183 g/mol. The summed E-state index contributed by atoms with van der Waals surface area (Å²) in [6, 6.07) is 0.664. The molecule has 0 aromatic heterocycles. The van der Waals surface area contributed by atoms with Gasteiger partial charge in [-0.3, -0.25) is 0 Å². The molecule has 1 fully saturated rings. The summed E-state index contributed by atoms with van der Waals surface area (Å²) in [6.45, 7) is 8.00. The van der Waals surface area contributed by atoms with Crippen molar-refractivity contribution < 1.29 is 0 Å². The molecule has 1 aliphatic rings. The van der Waals surface area contributed by atoms with E-state index in [2.05, 4.69) is 26.1 Å². The quantitative estimate of drug-likeness (QED) is 0.598. The topological polar surface area (TPSA) is 12.0 Å². The molecule has 0 aromatic rings. The molecule has 0 amide bonds. The minimum atomic E-state index is 0.664. The Labute approximate surface area is 83.3 Å². The molecule has 0 aliphatic heterocycles. The lowest BCUT2D eigenvalue weighted by Gasteiger charge is -2.06. The van der Waals surface area contributed by atoms with Crippen LogP contribution in [0.1, 0.15) is 52.9 Å². The first-order valence-electron chi connectivity index (χ1n) is 5.97. The summed E-state index contributed by atoms with van der Waals surface area (Å²) in [4.78, 5) is 0. The van der Waals surface area contributed by atoms with Gasteiger partial charge in [0.05, 0.1) is 0 Å². The molecule has 78 valence electrons. The van der Waals surface area contributed by atoms with E-state index in [1.807, 2.05) is 0 Å². The van der Waals surface area contributed by atoms with Crippen molar-refractivity contribution in [3.8, 4) is 0 Å². The zero-order valence-corrected chi connectivity index (χ0v) is 9.47. The van der Waals surface area contributed by atoms with Crippen molar-refractivity contribution in [1.29, 1.82) is 0 Å². The summed E-state index contributed by atoms with van der Waals surface area (Å²) in [5, 5.41) is 3.53. The van der Waals surface area contributed by atoms with Crippen LogP contribution < -0.4 is 5.32 Å². The molecule has 0 unspecified atom stereocenters. The highest BCUT2D eigenvalue weighted by molar-refractivity contribution is 4.87. The molecule has 13 heavy (non-hydrogen) atoms. The van der Waals surface area contributed by atoms with E-state index in [1.54, 1.807) is 0 Å². The fourth-order valence-corrected chi connectivity index (χ4v) is 1.96. The molecule has 0 spiro atoms. The third-order valence-electron chi connectivity index (χ3n) is 3.04. The second-order valence-electron chi connectivity index (χ2n) is 4.81. The van der Waals surface area contributed by atoms with E-state index >= 15 is 0 Å². The Morgan fingerprint density at radius 3 is 2.62 bits per heavy atom. The summed E-state index contributed by atoms with van der Waals surface area (Å²) in [6.07, 6.45) is 7.23. The molecular formula is C12H25N. The largest absolute Gasteiger partial charge is 0.314 e. The maximum atomic E-state index is 3.53. The molecule has 1 N–H and O–H groups in total. The zero-order valence-electron chi connectivity index (χ0n) is 9.47.